The summed E-state index contributed by atoms with van der Waals surface area (Å²) in [4.78, 5) is 3.38. The van der Waals surface area contributed by atoms with Crippen molar-refractivity contribution < 1.29 is 8.42 Å². The van der Waals surface area contributed by atoms with Crippen LogP contribution >= 0.6 is 0 Å². The number of aromatic amines is 1. The van der Waals surface area contributed by atoms with E-state index >= 15 is 0 Å². The second kappa shape index (κ2) is 4.98. The van der Waals surface area contributed by atoms with Crippen LogP contribution in [0.2, 0.25) is 0 Å². The van der Waals surface area contributed by atoms with E-state index in [1.54, 1.807) is 0 Å². The van der Waals surface area contributed by atoms with Gasteiger partial charge in [-0.3, -0.25) is 0 Å². The molecular weight excluding hydrogens is 270 g/mol. The normalized spacial score (nSPS) is 15.4. The highest BCUT2D eigenvalue weighted by Gasteiger charge is 2.01. The van der Waals surface area contributed by atoms with Crippen LogP contribution in [0.25, 0.3) is 21.8 Å². The van der Waals surface area contributed by atoms with Crippen molar-refractivity contribution in [3.8, 4) is 0 Å². The second-order valence-corrected chi connectivity index (χ2v) is 6.18. The number of sulfone groups is 1. The Morgan fingerprint density at radius 3 is 1.55 bits per heavy atom. The number of nitrogens with one attached hydrogen (secondary N) is 1. The van der Waals surface area contributed by atoms with Gasteiger partial charge in [0.25, 0.3) is 0 Å². The van der Waals surface area contributed by atoms with Crippen LogP contribution < -0.4 is 0 Å². The van der Waals surface area contributed by atoms with E-state index in [9.17, 15) is 8.42 Å². The Hall–Kier alpha value is -2.33. The van der Waals surface area contributed by atoms with Crippen LogP contribution in [0.3, 0.4) is 0 Å². The van der Waals surface area contributed by atoms with Gasteiger partial charge in [-0.25, -0.2) is 8.42 Å². The maximum absolute atomic E-state index is 10.3. The summed E-state index contributed by atoms with van der Waals surface area (Å²) < 4.78 is 20.5. The highest BCUT2D eigenvalue weighted by atomic mass is 32.2. The van der Waals surface area contributed by atoms with E-state index in [0.717, 1.165) is 10.8 Å². The molecule has 1 aliphatic rings. The van der Waals surface area contributed by atoms with Gasteiger partial charge in [-0.2, -0.15) is 0 Å². The zero-order valence-corrected chi connectivity index (χ0v) is 11.5. The summed E-state index contributed by atoms with van der Waals surface area (Å²) in [5, 5.41) is 4.93. The predicted octanol–water partition coefficient (Wildman–Crippen LogP) is 3.76. The average molecular weight is 283 g/mol. The molecule has 0 spiro atoms. The van der Waals surface area contributed by atoms with Crippen LogP contribution in [-0.2, 0) is 9.84 Å². The van der Waals surface area contributed by atoms with Crippen LogP contribution in [-0.4, -0.2) is 13.4 Å². The Bertz CT molecular complexity index is 849. The maximum Gasteiger partial charge on any atom is 0.193 e. The third-order valence-corrected chi connectivity index (χ3v) is 4.13. The van der Waals surface area contributed by atoms with Crippen molar-refractivity contribution >= 4 is 31.6 Å². The molecular formula is C16H13NO2S. The van der Waals surface area contributed by atoms with Gasteiger partial charge in [0, 0.05) is 32.6 Å². The molecule has 0 radical (unpaired) electrons. The van der Waals surface area contributed by atoms with Crippen LogP contribution in [0, 0.1) is 0 Å². The van der Waals surface area contributed by atoms with E-state index in [4.69, 9.17) is 0 Å². The fraction of sp³-hybridized carbons (Fsp3) is 0. The first-order valence-corrected chi connectivity index (χ1v) is 7.82. The topological polar surface area (TPSA) is 49.9 Å². The van der Waals surface area contributed by atoms with Gasteiger partial charge in [0.2, 0.25) is 0 Å². The van der Waals surface area contributed by atoms with Crippen molar-refractivity contribution in [2.45, 2.75) is 0 Å². The number of allylic oxidation sites excluding steroid dienone is 2. The summed E-state index contributed by atoms with van der Waals surface area (Å²) in [6, 6.07) is 16.8. The van der Waals surface area contributed by atoms with Crippen molar-refractivity contribution in [2.75, 3.05) is 0 Å². The number of rotatable bonds is 0. The molecule has 20 heavy (non-hydrogen) atoms. The fourth-order valence-corrected chi connectivity index (χ4v) is 2.86. The summed E-state index contributed by atoms with van der Waals surface area (Å²) in [5.41, 5.74) is 2.42. The molecule has 100 valence electrons. The van der Waals surface area contributed by atoms with Crippen molar-refractivity contribution in [1.82, 2.24) is 4.98 Å². The van der Waals surface area contributed by atoms with Crippen LogP contribution in [0.1, 0.15) is 0 Å². The molecule has 1 N–H and O–H groups in total. The number of para-hydroxylation sites is 2. The van der Waals surface area contributed by atoms with Gasteiger partial charge >= 0.3 is 0 Å². The zero-order chi connectivity index (χ0) is 14.0. The van der Waals surface area contributed by atoms with Gasteiger partial charge < -0.3 is 4.98 Å². The zero-order valence-electron chi connectivity index (χ0n) is 10.7. The highest BCUT2D eigenvalue weighted by molar-refractivity contribution is 7.97. The first kappa shape index (κ1) is 12.7. The van der Waals surface area contributed by atoms with Crippen LogP contribution in [0.5, 0.6) is 0 Å². The van der Waals surface area contributed by atoms with Crippen molar-refractivity contribution in [3.05, 3.63) is 71.5 Å². The van der Waals surface area contributed by atoms with E-state index in [2.05, 4.69) is 53.5 Å². The van der Waals surface area contributed by atoms with Gasteiger partial charge in [-0.15, -0.1) is 0 Å². The number of H-pyrrole nitrogens is 1. The van der Waals surface area contributed by atoms with E-state index in [0.29, 0.717) is 0 Å². The quantitative estimate of drug-likeness (QED) is 0.683. The van der Waals surface area contributed by atoms with E-state index in [-0.39, 0.29) is 0 Å². The van der Waals surface area contributed by atoms with Crippen molar-refractivity contribution in [3.63, 3.8) is 0 Å². The minimum atomic E-state index is -2.91. The Balaban J connectivity index is 0.000000147. The van der Waals surface area contributed by atoms with Crippen molar-refractivity contribution in [2.24, 2.45) is 0 Å². The van der Waals surface area contributed by atoms with Gasteiger partial charge in [-0.05, 0) is 24.3 Å². The van der Waals surface area contributed by atoms with Crippen LogP contribution in [0.4, 0.5) is 0 Å². The molecule has 2 aromatic carbocycles. The molecule has 2 heterocycles. The summed E-state index contributed by atoms with van der Waals surface area (Å²) in [5.74, 6) is 0. The second-order valence-electron chi connectivity index (χ2n) is 4.46. The third kappa shape index (κ3) is 2.51. The summed E-state index contributed by atoms with van der Waals surface area (Å²) in [6.07, 6.45) is 2.99. The molecule has 0 saturated carbocycles. The SMILES string of the molecule is O=S1(=O)C=CC=C1.c1ccc2c(c1)[nH]c1ccccc12. The van der Waals surface area contributed by atoms with Crippen LogP contribution in [0.15, 0.2) is 71.5 Å². The minimum absolute atomic E-state index is 1.16. The van der Waals surface area contributed by atoms with Crippen molar-refractivity contribution in [1.29, 1.82) is 0 Å². The monoisotopic (exact) mass is 283 g/mol. The number of hydrogen-bond donors (Lipinski definition) is 1. The van der Waals surface area contributed by atoms with Gasteiger partial charge in [0.15, 0.2) is 9.84 Å². The molecule has 0 saturated heterocycles. The first-order chi connectivity index (χ1) is 9.66. The number of aromatic nitrogens is 1. The lowest BCUT2D eigenvalue weighted by molar-refractivity contribution is 0.613. The van der Waals surface area contributed by atoms with E-state index < -0.39 is 9.84 Å². The Kier molecular flexibility index (Phi) is 3.16. The Morgan fingerprint density at radius 2 is 1.15 bits per heavy atom. The molecule has 4 rings (SSSR count). The summed E-state index contributed by atoms with van der Waals surface area (Å²) in [7, 11) is -2.91. The molecule has 0 bridgehead atoms. The third-order valence-electron chi connectivity index (χ3n) is 3.06. The molecule has 3 nitrogen and oxygen atoms in total. The molecule has 0 amide bonds. The van der Waals surface area contributed by atoms with E-state index in [1.807, 2.05) is 0 Å². The average Bonchev–Trinajstić information content (AvgIpc) is 3.02. The molecule has 1 aliphatic heterocycles. The molecule has 0 fully saturated rings. The van der Waals surface area contributed by atoms with Gasteiger partial charge in [-0.1, -0.05) is 36.4 Å². The molecule has 1 aromatic heterocycles. The highest BCUT2D eigenvalue weighted by Crippen LogP contribution is 2.24. The minimum Gasteiger partial charge on any atom is -0.355 e. The number of benzene rings is 2. The lowest BCUT2D eigenvalue weighted by atomic mass is 10.2. The molecule has 3 aromatic rings. The number of fused-ring (bicyclic) bond motifs is 3. The van der Waals surface area contributed by atoms with Gasteiger partial charge in [0.1, 0.15) is 0 Å². The largest absolute Gasteiger partial charge is 0.355 e. The first-order valence-electron chi connectivity index (χ1n) is 6.21. The molecule has 4 heteroatoms. The van der Waals surface area contributed by atoms with Gasteiger partial charge in [0.05, 0.1) is 0 Å². The molecule has 0 atom stereocenters. The Labute approximate surface area is 117 Å². The summed E-state index contributed by atoms with van der Waals surface area (Å²) >= 11 is 0. The standard InChI is InChI=1S/C12H9N.C4H4O2S/c1-3-7-11-9(5-1)10-6-2-4-8-12(10)13-11;5-7(6)3-1-2-4-7/h1-8,13H;1-4H. The van der Waals surface area contributed by atoms with E-state index in [1.165, 1.54) is 34.0 Å². The molecule has 0 aliphatic carbocycles. The smallest absolute Gasteiger partial charge is 0.193 e. The Morgan fingerprint density at radius 1 is 0.700 bits per heavy atom. The maximum atomic E-state index is 10.3. The summed E-state index contributed by atoms with van der Waals surface area (Å²) in [6.45, 7) is 0. The molecule has 0 unspecified atom stereocenters. The predicted molar refractivity (Wildman–Crippen MR) is 83.0 cm³/mol. The fourth-order valence-electron chi connectivity index (χ4n) is 2.15. The lowest BCUT2D eigenvalue weighted by Gasteiger charge is -1.87. The lowest BCUT2D eigenvalue weighted by Crippen LogP contribution is -1.80. The number of hydrogen-bond acceptors (Lipinski definition) is 2.